The third kappa shape index (κ3) is 9.42. The second kappa shape index (κ2) is 18.9. The average molecular weight is 906 g/mol. The number of ether oxygens (including phenoxy) is 2. The van der Waals surface area contributed by atoms with Crippen molar-refractivity contribution in [2.24, 2.45) is 13.0 Å². The summed E-state index contributed by atoms with van der Waals surface area (Å²) in [6, 6.07) is 7.00. The van der Waals surface area contributed by atoms with E-state index >= 15 is 4.39 Å². The van der Waals surface area contributed by atoms with Crippen LogP contribution in [0.4, 0.5) is 33.5 Å². The van der Waals surface area contributed by atoms with Crippen molar-refractivity contribution in [3.05, 3.63) is 65.4 Å². The number of hydrogen-bond donors (Lipinski definition) is 2. The molecule has 3 amide bonds. The number of piperidine rings is 2. The van der Waals surface area contributed by atoms with Crippen LogP contribution in [0.2, 0.25) is 0 Å². The summed E-state index contributed by atoms with van der Waals surface area (Å²) in [6.45, 7) is 1.94. The van der Waals surface area contributed by atoms with E-state index in [4.69, 9.17) is 9.47 Å². The smallest absolute Gasteiger partial charge is 0.284 e. The van der Waals surface area contributed by atoms with Crippen LogP contribution in [0.5, 0.6) is 0 Å². The largest absolute Gasteiger partial charge is 0.369 e. The first kappa shape index (κ1) is 44.2. The van der Waals surface area contributed by atoms with Crippen molar-refractivity contribution < 1.29 is 45.8 Å². The Labute approximate surface area is 369 Å². The van der Waals surface area contributed by atoms with Crippen LogP contribution in [0.25, 0.3) is 16.6 Å². The Morgan fingerprint density at radius 1 is 1.05 bits per heavy atom. The number of carbonyl (C=O) groups excluding carboxylic acids is 3. The predicted molar refractivity (Wildman–Crippen MR) is 225 cm³/mol. The number of aromatic nitrogens is 7. The second-order valence-corrected chi connectivity index (χ2v) is 17.1. The van der Waals surface area contributed by atoms with E-state index in [1.165, 1.54) is 21.6 Å². The molecule has 0 spiro atoms. The third-order valence-electron chi connectivity index (χ3n) is 12.8. The van der Waals surface area contributed by atoms with Gasteiger partial charge in [0.25, 0.3) is 18.8 Å². The standard InChI is InChI=1S/C44H48F5N11O5/c1-56-39-26(4-2-6-28(39)37(54-56)29-11-12-36(61)53-43(29)62)5-3-18-64-33-13-15-57(22-31(33)45)21-25-7-9-27(10-8-25)60-23-32(38(55-60)41(48)49)51-44(63)30-20-50-59-16-14-35(52-42(30)59)58-17-19-65-34(24-58)40(46)47/h2,4,6,14,16,20,23,25,27,29,31,33-34,40-41H,7-13,15,17-19,21-22,24H2,1H3,(H,51,63)(H,53,61,62)/t25?,27?,29?,31-,33+,34-/m0/s1. The lowest BCUT2D eigenvalue weighted by molar-refractivity contribution is -0.134. The highest BCUT2D eigenvalue weighted by Crippen LogP contribution is 2.36. The number of anilines is 2. The first-order chi connectivity index (χ1) is 31.4. The summed E-state index contributed by atoms with van der Waals surface area (Å²) >= 11 is 0. The van der Waals surface area contributed by atoms with Crippen molar-refractivity contribution in [3.8, 4) is 11.8 Å². The Balaban J connectivity index is 0.757. The van der Waals surface area contributed by atoms with Crippen LogP contribution in [-0.4, -0.2) is 128 Å². The first-order valence-corrected chi connectivity index (χ1v) is 21.8. The maximum Gasteiger partial charge on any atom is 0.284 e. The lowest BCUT2D eigenvalue weighted by Gasteiger charge is -2.38. The van der Waals surface area contributed by atoms with Gasteiger partial charge in [-0.2, -0.15) is 15.3 Å². The fourth-order valence-electron chi connectivity index (χ4n) is 9.49. The number of nitrogens with zero attached hydrogens (tertiary/aromatic N) is 9. The second-order valence-electron chi connectivity index (χ2n) is 17.1. The SMILES string of the molecule is Cn1nc(C2CCC(=O)NC2=O)c2cccc(C#CCO[C@@H]3CCN(CC4CCC(n5cc(NC(=O)c6cnn7ccc(N8CCO[C@H](C(F)F)C8)nc67)c(C(F)F)n5)CC4)C[C@@H]3F)c21. The molecule has 9 rings (SSSR count). The molecule has 65 heavy (non-hydrogen) atoms. The van der Waals surface area contributed by atoms with Crippen LogP contribution in [0, 0.1) is 17.8 Å². The molecule has 1 aromatic carbocycles. The van der Waals surface area contributed by atoms with Gasteiger partial charge >= 0.3 is 0 Å². The molecule has 2 N–H and O–H groups in total. The molecule has 344 valence electrons. The topological polar surface area (TPSA) is 166 Å². The molecule has 4 fully saturated rings. The molecule has 16 nitrogen and oxygen atoms in total. The zero-order valence-electron chi connectivity index (χ0n) is 35.5. The summed E-state index contributed by atoms with van der Waals surface area (Å²) < 4.78 is 86.3. The molecule has 1 saturated carbocycles. The fourth-order valence-corrected chi connectivity index (χ4v) is 9.49. The molecule has 7 heterocycles. The van der Waals surface area contributed by atoms with E-state index in [1.54, 1.807) is 28.9 Å². The van der Waals surface area contributed by atoms with Gasteiger partial charge in [0.2, 0.25) is 11.8 Å². The summed E-state index contributed by atoms with van der Waals surface area (Å²) in [5.41, 5.74) is 1.51. The molecule has 0 bridgehead atoms. The molecule has 1 unspecified atom stereocenters. The molecular weight excluding hydrogens is 858 g/mol. The summed E-state index contributed by atoms with van der Waals surface area (Å²) in [5, 5.41) is 18.7. The molecule has 1 aliphatic carbocycles. The molecule has 3 saturated heterocycles. The predicted octanol–water partition coefficient (Wildman–Crippen LogP) is 5.20. The van der Waals surface area contributed by atoms with Gasteiger partial charge in [0, 0.05) is 57.4 Å². The quantitative estimate of drug-likeness (QED) is 0.102. The van der Waals surface area contributed by atoms with Crippen LogP contribution in [0.15, 0.2) is 42.9 Å². The van der Waals surface area contributed by atoms with Gasteiger partial charge < -0.3 is 19.7 Å². The van der Waals surface area contributed by atoms with Gasteiger partial charge in [0.1, 0.15) is 30.3 Å². The van der Waals surface area contributed by atoms with Crippen molar-refractivity contribution in [2.75, 3.05) is 56.2 Å². The van der Waals surface area contributed by atoms with E-state index < -0.39 is 48.7 Å². The highest BCUT2D eigenvalue weighted by molar-refractivity contribution is 6.08. The number of rotatable bonds is 11. The van der Waals surface area contributed by atoms with Gasteiger partial charge in [-0.3, -0.25) is 34.0 Å². The number of carbonyl (C=O) groups is 3. The number of amides is 3. The molecule has 3 aliphatic heterocycles. The van der Waals surface area contributed by atoms with E-state index in [0.29, 0.717) is 62.4 Å². The maximum atomic E-state index is 15.5. The summed E-state index contributed by atoms with van der Waals surface area (Å²) in [5.74, 6) is 4.88. The first-order valence-electron chi connectivity index (χ1n) is 21.8. The number of halogens is 5. The van der Waals surface area contributed by atoms with E-state index in [0.717, 1.165) is 23.7 Å². The highest BCUT2D eigenvalue weighted by atomic mass is 19.3. The molecule has 4 atom stereocenters. The lowest BCUT2D eigenvalue weighted by atomic mass is 9.85. The van der Waals surface area contributed by atoms with Crippen molar-refractivity contribution >= 4 is 45.8 Å². The number of morpholine rings is 1. The van der Waals surface area contributed by atoms with Gasteiger partial charge in [-0.15, -0.1) is 0 Å². The summed E-state index contributed by atoms with van der Waals surface area (Å²) in [4.78, 5) is 46.0. The maximum absolute atomic E-state index is 15.5. The minimum atomic E-state index is -2.96. The minimum Gasteiger partial charge on any atom is -0.369 e. The average Bonchev–Trinajstić information content (AvgIpc) is 4.01. The molecule has 4 aromatic heterocycles. The molecular formula is C44H48F5N11O5. The number of imide groups is 1. The Bertz CT molecular complexity index is 2630. The van der Waals surface area contributed by atoms with Crippen molar-refractivity contribution in [1.29, 1.82) is 0 Å². The van der Waals surface area contributed by atoms with E-state index in [1.807, 2.05) is 18.2 Å². The van der Waals surface area contributed by atoms with Crippen molar-refractivity contribution in [1.82, 2.24) is 44.4 Å². The number of aryl methyl sites for hydroxylation is 1. The van der Waals surface area contributed by atoms with Gasteiger partial charge in [-0.05, 0) is 56.6 Å². The molecule has 4 aliphatic rings. The minimum absolute atomic E-state index is 0.0123. The van der Waals surface area contributed by atoms with Crippen molar-refractivity contribution in [2.45, 2.75) is 88.1 Å². The number of benzene rings is 1. The number of hydrogen-bond acceptors (Lipinski definition) is 11. The lowest BCUT2D eigenvalue weighted by Crippen LogP contribution is -2.47. The van der Waals surface area contributed by atoms with Gasteiger partial charge in [0.15, 0.2) is 11.3 Å². The summed E-state index contributed by atoms with van der Waals surface area (Å²) in [6.07, 6.45) is -0.426. The Hall–Kier alpha value is -5.98. The number of nitrogens with one attached hydrogen (secondary N) is 2. The van der Waals surface area contributed by atoms with Crippen LogP contribution in [0.1, 0.15) is 90.6 Å². The molecule has 5 aromatic rings. The van der Waals surface area contributed by atoms with Crippen LogP contribution >= 0.6 is 0 Å². The molecule has 21 heteroatoms. The number of para-hydroxylation sites is 1. The van der Waals surface area contributed by atoms with Gasteiger partial charge in [0.05, 0.1) is 59.9 Å². The number of alkyl halides is 5. The molecule has 0 radical (unpaired) electrons. The highest BCUT2D eigenvalue weighted by Gasteiger charge is 2.35. The van der Waals surface area contributed by atoms with E-state index in [-0.39, 0.29) is 73.4 Å². The van der Waals surface area contributed by atoms with Gasteiger partial charge in [-0.25, -0.2) is 31.5 Å². The van der Waals surface area contributed by atoms with Crippen molar-refractivity contribution in [3.63, 3.8) is 0 Å². The van der Waals surface area contributed by atoms with Crippen LogP contribution in [0.3, 0.4) is 0 Å². The van der Waals surface area contributed by atoms with E-state index in [2.05, 4.69) is 47.7 Å². The summed E-state index contributed by atoms with van der Waals surface area (Å²) in [7, 11) is 1.78. The number of likely N-dealkylation sites (tertiary alicyclic amines) is 1. The third-order valence-corrected chi connectivity index (χ3v) is 12.8. The number of fused-ring (bicyclic) bond motifs is 2. The monoisotopic (exact) mass is 905 g/mol. The zero-order chi connectivity index (χ0) is 45.4. The Morgan fingerprint density at radius 2 is 1.88 bits per heavy atom. The Morgan fingerprint density at radius 3 is 2.65 bits per heavy atom. The van der Waals surface area contributed by atoms with Gasteiger partial charge in [-0.1, -0.05) is 24.0 Å². The normalized spacial score (nSPS) is 24.5. The van der Waals surface area contributed by atoms with E-state index in [9.17, 15) is 31.9 Å². The Kier molecular flexibility index (Phi) is 12.8. The zero-order valence-corrected chi connectivity index (χ0v) is 35.5. The van der Waals surface area contributed by atoms with Crippen LogP contribution in [-0.2, 0) is 26.1 Å². The van der Waals surface area contributed by atoms with Crippen LogP contribution < -0.4 is 15.5 Å². The fraction of sp³-hybridized carbons (Fsp3) is 0.523.